The van der Waals surface area contributed by atoms with E-state index in [1.807, 2.05) is 0 Å². The number of carboxylic acid groups (broad SMARTS) is 1. The van der Waals surface area contributed by atoms with Crippen molar-refractivity contribution < 1.29 is 37.4 Å². The lowest BCUT2D eigenvalue weighted by Crippen LogP contribution is -2.27. The number of carboxylic acids is 1. The fourth-order valence-corrected chi connectivity index (χ4v) is 2.62. The molecular weight excluding hydrogens is 429 g/mol. The predicted molar refractivity (Wildman–Crippen MR) is 111 cm³/mol. The van der Waals surface area contributed by atoms with Gasteiger partial charge in [0.15, 0.2) is 6.61 Å². The van der Waals surface area contributed by atoms with Crippen molar-refractivity contribution in [2.24, 2.45) is 0 Å². The molecule has 174 valence electrons. The minimum Gasteiger partial charge on any atom is -0.479 e. The summed E-state index contributed by atoms with van der Waals surface area (Å²) in [7, 11) is 0. The van der Waals surface area contributed by atoms with Gasteiger partial charge >= 0.3 is 18.2 Å². The van der Waals surface area contributed by atoms with Gasteiger partial charge in [0.1, 0.15) is 5.60 Å². The highest BCUT2D eigenvalue weighted by Crippen LogP contribution is 2.29. The molecule has 0 atom stereocenters. The van der Waals surface area contributed by atoms with Crippen molar-refractivity contribution >= 4 is 17.7 Å². The van der Waals surface area contributed by atoms with E-state index in [4.69, 9.17) is 14.7 Å². The zero-order valence-corrected chi connectivity index (χ0v) is 17.9. The Morgan fingerprint density at radius 2 is 1.44 bits per heavy atom. The van der Waals surface area contributed by atoms with E-state index in [9.17, 15) is 22.8 Å². The second-order valence-corrected chi connectivity index (χ2v) is 7.98. The van der Waals surface area contributed by atoms with E-state index < -0.39 is 36.0 Å². The van der Waals surface area contributed by atoms with Gasteiger partial charge in [-0.1, -0.05) is 24.3 Å². The molecule has 0 bridgehead atoms. The number of nitrogens with one attached hydrogen (secondary N) is 1. The number of alkyl halides is 3. The molecule has 1 amide bonds. The second-order valence-electron chi connectivity index (χ2n) is 7.98. The lowest BCUT2D eigenvalue weighted by Gasteiger charge is -2.22. The molecule has 2 rings (SSSR count). The molecule has 0 unspecified atom stereocenters. The first-order valence-corrected chi connectivity index (χ1v) is 9.66. The number of ether oxygens (including phenoxy) is 1. The number of hydroxylamine groups is 2. The molecule has 0 saturated heterocycles. The molecular formula is C22H25F3N2O5. The van der Waals surface area contributed by atoms with Crippen LogP contribution >= 0.6 is 0 Å². The quantitative estimate of drug-likeness (QED) is 0.542. The van der Waals surface area contributed by atoms with Crippen LogP contribution in [-0.2, 0) is 33.6 Å². The van der Waals surface area contributed by atoms with Gasteiger partial charge in [-0.05, 0) is 56.2 Å². The van der Waals surface area contributed by atoms with Crippen LogP contribution in [-0.4, -0.2) is 34.4 Å². The number of hydrogen-bond donors (Lipinski definition) is 2. The monoisotopic (exact) mass is 454 g/mol. The van der Waals surface area contributed by atoms with Crippen molar-refractivity contribution in [3.63, 3.8) is 0 Å². The standard InChI is InChI=1S/C22H25F3N2O5/c1-21(2,3)32-20(30)26-18-10-6-16(7-11-18)13-27(31-14-19(28)29)12-15-4-8-17(9-5-15)22(23,24)25/h4-11H,12-14H2,1-3H3,(H,26,30)(H,28,29). The van der Waals surface area contributed by atoms with Crippen LogP contribution < -0.4 is 5.32 Å². The molecule has 0 aromatic heterocycles. The van der Waals surface area contributed by atoms with Gasteiger partial charge in [0.2, 0.25) is 0 Å². The zero-order chi connectivity index (χ0) is 23.9. The minimum atomic E-state index is -4.44. The van der Waals surface area contributed by atoms with Crippen molar-refractivity contribution in [2.45, 2.75) is 45.6 Å². The summed E-state index contributed by atoms with van der Waals surface area (Å²) in [5.41, 5.74) is 0.351. The van der Waals surface area contributed by atoms with E-state index in [1.165, 1.54) is 17.2 Å². The first kappa shape index (κ1) is 25.2. The molecule has 0 aliphatic heterocycles. The molecule has 0 heterocycles. The van der Waals surface area contributed by atoms with Crippen LogP contribution in [0.4, 0.5) is 23.7 Å². The Kier molecular flexibility index (Phi) is 8.23. The van der Waals surface area contributed by atoms with Crippen LogP contribution in [0.3, 0.4) is 0 Å². The number of carbonyl (C=O) groups is 2. The minimum absolute atomic E-state index is 0.0727. The Balaban J connectivity index is 2.04. The Morgan fingerprint density at radius 3 is 1.88 bits per heavy atom. The maximum Gasteiger partial charge on any atom is 0.416 e. The number of anilines is 1. The van der Waals surface area contributed by atoms with Crippen LogP contribution in [0.2, 0.25) is 0 Å². The number of benzene rings is 2. The van der Waals surface area contributed by atoms with E-state index >= 15 is 0 Å². The summed E-state index contributed by atoms with van der Waals surface area (Å²) in [5, 5.41) is 12.8. The number of halogens is 3. The number of rotatable bonds is 8. The van der Waals surface area contributed by atoms with E-state index in [1.54, 1.807) is 45.0 Å². The highest BCUT2D eigenvalue weighted by molar-refractivity contribution is 5.84. The van der Waals surface area contributed by atoms with E-state index in [0.29, 0.717) is 11.3 Å². The highest BCUT2D eigenvalue weighted by Gasteiger charge is 2.30. The summed E-state index contributed by atoms with van der Waals surface area (Å²) >= 11 is 0. The zero-order valence-electron chi connectivity index (χ0n) is 17.9. The molecule has 0 fully saturated rings. The molecule has 0 saturated carbocycles. The smallest absolute Gasteiger partial charge is 0.416 e. The van der Waals surface area contributed by atoms with Gasteiger partial charge in [-0.25, -0.2) is 9.59 Å². The van der Waals surface area contributed by atoms with Crippen molar-refractivity contribution in [3.8, 4) is 0 Å². The van der Waals surface area contributed by atoms with Crippen LogP contribution in [0, 0.1) is 0 Å². The summed E-state index contributed by atoms with van der Waals surface area (Å²) < 4.78 is 43.4. The van der Waals surface area contributed by atoms with Crippen molar-refractivity contribution in [1.29, 1.82) is 0 Å². The van der Waals surface area contributed by atoms with Crippen LogP contribution in [0.15, 0.2) is 48.5 Å². The molecule has 32 heavy (non-hydrogen) atoms. The average molecular weight is 454 g/mol. The Bertz CT molecular complexity index is 907. The van der Waals surface area contributed by atoms with Crippen molar-refractivity contribution in [3.05, 3.63) is 65.2 Å². The van der Waals surface area contributed by atoms with Gasteiger partial charge in [-0.15, -0.1) is 0 Å². The maximum atomic E-state index is 12.7. The molecule has 2 aromatic carbocycles. The highest BCUT2D eigenvalue weighted by atomic mass is 19.4. The fourth-order valence-electron chi connectivity index (χ4n) is 2.62. The summed E-state index contributed by atoms with van der Waals surface area (Å²) in [6.07, 6.45) is -5.04. The molecule has 0 aliphatic rings. The second kappa shape index (κ2) is 10.5. The molecule has 0 radical (unpaired) electrons. The molecule has 2 aromatic rings. The summed E-state index contributed by atoms with van der Waals surface area (Å²) in [6, 6.07) is 11.2. The van der Waals surface area contributed by atoms with Crippen molar-refractivity contribution in [2.75, 3.05) is 11.9 Å². The van der Waals surface area contributed by atoms with Gasteiger partial charge in [-0.2, -0.15) is 18.2 Å². The average Bonchev–Trinajstić information content (AvgIpc) is 2.66. The number of nitrogens with zero attached hydrogens (tertiary/aromatic N) is 1. The SMILES string of the molecule is CC(C)(C)OC(=O)Nc1ccc(CN(Cc2ccc(C(F)(F)F)cc2)OCC(=O)O)cc1. The van der Waals surface area contributed by atoms with Crippen molar-refractivity contribution in [1.82, 2.24) is 5.06 Å². The summed E-state index contributed by atoms with van der Waals surface area (Å²) in [5.74, 6) is -1.18. The predicted octanol–water partition coefficient (Wildman–Crippen LogP) is 5.07. The van der Waals surface area contributed by atoms with Crippen LogP contribution in [0.25, 0.3) is 0 Å². The molecule has 0 spiro atoms. The van der Waals surface area contributed by atoms with E-state index in [-0.39, 0.29) is 13.1 Å². The Hall–Kier alpha value is -3.11. The number of carbonyl (C=O) groups excluding carboxylic acids is 1. The first-order valence-electron chi connectivity index (χ1n) is 9.66. The van der Waals surface area contributed by atoms with Gasteiger partial charge < -0.3 is 9.84 Å². The number of hydrogen-bond acceptors (Lipinski definition) is 5. The first-order chi connectivity index (χ1) is 14.8. The van der Waals surface area contributed by atoms with Gasteiger partial charge in [0, 0.05) is 18.8 Å². The third kappa shape index (κ3) is 8.94. The molecule has 7 nitrogen and oxygen atoms in total. The summed E-state index contributed by atoms with van der Waals surface area (Å²) in [6.45, 7) is 4.89. The van der Waals surface area contributed by atoms with Gasteiger partial charge in [-0.3, -0.25) is 10.2 Å². The number of aliphatic carboxylic acids is 1. The normalized spacial score (nSPS) is 12.0. The lowest BCUT2D eigenvalue weighted by atomic mass is 10.1. The van der Waals surface area contributed by atoms with Crippen LogP contribution in [0.5, 0.6) is 0 Å². The van der Waals surface area contributed by atoms with Gasteiger partial charge in [0.25, 0.3) is 0 Å². The Morgan fingerprint density at radius 1 is 0.938 bits per heavy atom. The van der Waals surface area contributed by atoms with Gasteiger partial charge in [0.05, 0.1) is 5.56 Å². The number of amides is 1. The molecule has 2 N–H and O–H groups in total. The topological polar surface area (TPSA) is 88.1 Å². The molecule has 10 heteroatoms. The third-order valence-corrected chi connectivity index (χ3v) is 3.97. The maximum absolute atomic E-state index is 12.7. The third-order valence-electron chi connectivity index (χ3n) is 3.97. The fraction of sp³-hybridized carbons (Fsp3) is 0.364. The summed E-state index contributed by atoms with van der Waals surface area (Å²) in [4.78, 5) is 28.0. The molecule has 0 aliphatic carbocycles. The van der Waals surface area contributed by atoms with E-state index in [2.05, 4.69) is 5.32 Å². The lowest BCUT2D eigenvalue weighted by molar-refractivity contribution is -0.190. The van der Waals surface area contributed by atoms with E-state index in [0.717, 1.165) is 17.7 Å². The Labute approximate surface area is 183 Å². The van der Waals surface area contributed by atoms with Crippen LogP contribution in [0.1, 0.15) is 37.5 Å². The largest absolute Gasteiger partial charge is 0.479 e.